The number of furan rings is 1. The van der Waals surface area contributed by atoms with Crippen molar-refractivity contribution in [2.24, 2.45) is 5.73 Å². The molecule has 0 fully saturated rings. The lowest BCUT2D eigenvalue weighted by atomic mass is 10.0. The van der Waals surface area contributed by atoms with Crippen LogP contribution in [0.25, 0.3) is 0 Å². The SMILES string of the molecule is NC(Cc1cccc(Cl)c1Cl)c1ccc(Cl)o1. The van der Waals surface area contributed by atoms with E-state index in [0.29, 0.717) is 27.4 Å². The lowest BCUT2D eigenvalue weighted by molar-refractivity contribution is 0.466. The molecule has 0 amide bonds. The fourth-order valence-corrected chi connectivity index (χ4v) is 2.12. The molecule has 2 N–H and O–H groups in total. The van der Waals surface area contributed by atoms with Crippen molar-refractivity contribution in [3.63, 3.8) is 0 Å². The molecule has 1 heterocycles. The van der Waals surface area contributed by atoms with Gasteiger partial charge in [0.25, 0.3) is 0 Å². The minimum atomic E-state index is -0.293. The lowest BCUT2D eigenvalue weighted by Crippen LogP contribution is -2.12. The molecule has 0 spiro atoms. The molecular weight excluding hydrogens is 280 g/mol. The molecule has 2 rings (SSSR count). The summed E-state index contributed by atoms with van der Waals surface area (Å²) in [5, 5.41) is 1.38. The highest BCUT2D eigenvalue weighted by Crippen LogP contribution is 2.29. The second-order valence-corrected chi connectivity index (χ2v) is 4.82. The van der Waals surface area contributed by atoms with Crippen LogP contribution in [-0.4, -0.2) is 0 Å². The Morgan fingerprint density at radius 3 is 2.53 bits per heavy atom. The van der Waals surface area contributed by atoms with Crippen LogP contribution in [-0.2, 0) is 6.42 Å². The summed E-state index contributed by atoms with van der Waals surface area (Å²) in [4.78, 5) is 0. The topological polar surface area (TPSA) is 39.2 Å². The second-order valence-electron chi connectivity index (χ2n) is 3.67. The molecule has 1 atom stereocenters. The molecule has 0 saturated heterocycles. The van der Waals surface area contributed by atoms with Crippen LogP contribution in [0.3, 0.4) is 0 Å². The third kappa shape index (κ3) is 2.96. The number of benzene rings is 1. The summed E-state index contributed by atoms with van der Waals surface area (Å²) in [7, 11) is 0. The van der Waals surface area contributed by atoms with Crippen LogP contribution in [0, 0.1) is 0 Å². The average molecular weight is 291 g/mol. The minimum absolute atomic E-state index is 0.293. The van der Waals surface area contributed by atoms with Gasteiger partial charge in [-0.05, 0) is 41.8 Å². The fraction of sp³-hybridized carbons (Fsp3) is 0.167. The van der Waals surface area contributed by atoms with Gasteiger partial charge in [0.15, 0.2) is 5.22 Å². The van der Waals surface area contributed by atoms with E-state index in [2.05, 4.69) is 0 Å². The molecule has 5 heteroatoms. The Morgan fingerprint density at radius 1 is 1.12 bits per heavy atom. The quantitative estimate of drug-likeness (QED) is 0.905. The first kappa shape index (κ1) is 12.8. The maximum Gasteiger partial charge on any atom is 0.193 e. The summed E-state index contributed by atoms with van der Waals surface area (Å²) in [5.74, 6) is 0.631. The van der Waals surface area contributed by atoms with Crippen molar-refractivity contribution in [1.29, 1.82) is 0 Å². The number of nitrogens with two attached hydrogens (primary N) is 1. The van der Waals surface area contributed by atoms with Crippen LogP contribution < -0.4 is 5.73 Å². The molecule has 1 aromatic heterocycles. The van der Waals surface area contributed by atoms with Gasteiger partial charge in [-0.3, -0.25) is 0 Å². The van der Waals surface area contributed by atoms with E-state index in [9.17, 15) is 0 Å². The Kier molecular flexibility index (Phi) is 4.00. The van der Waals surface area contributed by atoms with Crippen LogP contribution in [0.5, 0.6) is 0 Å². The van der Waals surface area contributed by atoms with E-state index in [-0.39, 0.29) is 6.04 Å². The van der Waals surface area contributed by atoms with Crippen molar-refractivity contribution >= 4 is 34.8 Å². The van der Waals surface area contributed by atoms with Crippen LogP contribution in [0.15, 0.2) is 34.7 Å². The Hall–Kier alpha value is -0.670. The number of rotatable bonds is 3. The Bertz CT molecular complexity index is 524. The normalized spacial score (nSPS) is 12.7. The molecule has 2 nitrogen and oxygen atoms in total. The maximum atomic E-state index is 6.09. The molecule has 0 aliphatic carbocycles. The molecule has 2 aromatic rings. The van der Waals surface area contributed by atoms with Gasteiger partial charge in [0.2, 0.25) is 0 Å². The van der Waals surface area contributed by atoms with Crippen molar-refractivity contribution in [2.75, 3.05) is 0 Å². The standard InChI is InChI=1S/C12H10Cl3NO/c13-8-3-1-2-7(12(8)15)6-9(16)10-4-5-11(14)17-10/h1-5,9H,6,16H2. The van der Waals surface area contributed by atoms with Crippen molar-refractivity contribution in [3.05, 3.63) is 56.9 Å². The van der Waals surface area contributed by atoms with Gasteiger partial charge in [0.05, 0.1) is 16.1 Å². The van der Waals surface area contributed by atoms with Gasteiger partial charge in [0.1, 0.15) is 5.76 Å². The monoisotopic (exact) mass is 289 g/mol. The molecule has 0 aliphatic rings. The Labute approximate surface area is 114 Å². The summed E-state index contributed by atoms with van der Waals surface area (Å²) >= 11 is 17.7. The van der Waals surface area contributed by atoms with Crippen LogP contribution in [0.1, 0.15) is 17.4 Å². The Balaban J connectivity index is 2.18. The molecular formula is C12H10Cl3NO. The molecule has 0 saturated carbocycles. The molecule has 90 valence electrons. The summed E-state index contributed by atoms with van der Waals surface area (Å²) in [6.45, 7) is 0. The maximum absolute atomic E-state index is 6.09. The molecule has 0 aliphatic heterocycles. The second kappa shape index (κ2) is 5.32. The highest BCUT2D eigenvalue weighted by molar-refractivity contribution is 6.42. The molecule has 1 aromatic carbocycles. The van der Waals surface area contributed by atoms with Gasteiger partial charge in [-0.1, -0.05) is 35.3 Å². The van der Waals surface area contributed by atoms with Crippen LogP contribution in [0.2, 0.25) is 15.3 Å². The smallest absolute Gasteiger partial charge is 0.193 e. The third-order valence-electron chi connectivity index (χ3n) is 2.43. The van der Waals surface area contributed by atoms with Gasteiger partial charge in [-0.25, -0.2) is 0 Å². The van der Waals surface area contributed by atoms with E-state index < -0.39 is 0 Å². The van der Waals surface area contributed by atoms with E-state index in [1.54, 1.807) is 18.2 Å². The number of hydrogen-bond acceptors (Lipinski definition) is 2. The first-order valence-electron chi connectivity index (χ1n) is 5.01. The zero-order valence-electron chi connectivity index (χ0n) is 8.79. The summed E-state index contributed by atoms with van der Waals surface area (Å²) in [6, 6.07) is 8.59. The summed E-state index contributed by atoms with van der Waals surface area (Å²) in [5.41, 5.74) is 6.89. The summed E-state index contributed by atoms with van der Waals surface area (Å²) in [6.07, 6.45) is 0.545. The van der Waals surface area contributed by atoms with Gasteiger partial charge in [0, 0.05) is 0 Å². The first-order chi connectivity index (χ1) is 8.08. The minimum Gasteiger partial charge on any atom is -0.448 e. The van der Waals surface area contributed by atoms with Crippen molar-refractivity contribution < 1.29 is 4.42 Å². The zero-order valence-corrected chi connectivity index (χ0v) is 11.1. The largest absolute Gasteiger partial charge is 0.448 e. The van der Waals surface area contributed by atoms with E-state index >= 15 is 0 Å². The van der Waals surface area contributed by atoms with Gasteiger partial charge in [-0.15, -0.1) is 0 Å². The Morgan fingerprint density at radius 2 is 1.88 bits per heavy atom. The predicted molar refractivity (Wildman–Crippen MR) is 70.8 cm³/mol. The number of halogens is 3. The molecule has 1 unspecified atom stereocenters. The zero-order chi connectivity index (χ0) is 12.4. The molecule has 0 radical (unpaired) electrons. The highest BCUT2D eigenvalue weighted by atomic mass is 35.5. The van der Waals surface area contributed by atoms with Gasteiger partial charge < -0.3 is 10.2 Å². The third-order valence-corrected chi connectivity index (χ3v) is 3.49. The van der Waals surface area contributed by atoms with Gasteiger partial charge >= 0.3 is 0 Å². The van der Waals surface area contributed by atoms with Crippen molar-refractivity contribution in [1.82, 2.24) is 0 Å². The summed E-state index contributed by atoms with van der Waals surface area (Å²) < 4.78 is 5.25. The lowest BCUT2D eigenvalue weighted by Gasteiger charge is -2.10. The predicted octanol–water partition coefficient (Wildman–Crippen LogP) is 4.48. The van der Waals surface area contributed by atoms with Crippen LogP contribution in [0.4, 0.5) is 0 Å². The molecule has 0 bridgehead atoms. The average Bonchev–Trinajstić information content (AvgIpc) is 2.72. The number of hydrogen-bond donors (Lipinski definition) is 1. The van der Waals surface area contributed by atoms with E-state index in [0.717, 1.165) is 5.56 Å². The highest BCUT2D eigenvalue weighted by Gasteiger charge is 2.14. The van der Waals surface area contributed by atoms with Crippen molar-refractivity contribution in [3.8, 4) is 0 Å². The van der Waals surface area contributed by atoms with E-state index in [4.69, 9.17) is 45.0 Å². The van der Waals surface area contributed by atoms with Gasteiger partial charge in [-0.2, -0.15) is 0 Å². The van der Waals surface area contributed by atoms with Crippen LogP contribution >= 0.6 is 34.8 Å². The van der Waals surface area contributed by atoms with E-state index in [1.807, 2.05) is 12.1 Å². The first-order valence-corrected chi connectivity index (χ1v) is 6.15. The van der Waals surface area contributed by atoms with Crippen molar-refractivity contribution in [2.45, 2.75) is 12.5 Å². The van der Waals surface area contributed by atoms with E-state index in [1.165, 1.54) is 0 Å². The molecule has 17 heavy (non-hydrogen) atoms. The fourth-order valence-electron chi connectivity index (χ4n) is 1.57.